The van der Waals surface area contributed by atoms with E-state index in [9.17, 15) is 0 Å². The number of hydrazone groups is 1. The van der Waals surface area contributed by atoms with Crippen LogP contribution in [0.5, 0.6) is 0 Å². The van der Waals surface area contributed by atoms with Crippen LogP contribution in [0.2, 0.25) is 0 Å². The van der Waals surface area contributed by atoms with Crippen LogP contribution in [0.1, 0.15) is 19.8 Å². The van der Waals surface area contributed by atoms with Crippen molar-refractivity contribution in [3.8, 4) is 0 Å². The first-order valence-electron chi connectivity index (χ1n) is 3.67. The molecule has 10 heavy (non-hydrogen) atoms. The first kappa shape index (κ1) is 5.89. The van der Waals surface area contributed by atoms with Crippen molar-refractivity contribution >= 4 is 11.5 Å². The summed E-state index contributed by atoms with van der Waals surface area (Å²) in [5.74, 6) is 1.66. The Balaban J connectivity index is 2.16. The van der Waals surface area contributed by atoms with Crippen molar-refractivity contribution in [2.24, 2.45) is 16.9 Å². The summed E-state index contributed by atoms with van der Waals surface area (Å²) in [5, 5.41) is 11.5. The smallest absolute Gasteiger partial charge is 0.123 e. The molecule has 0 amide bonds. The molecule has 1 heterocycles. The van der Waals surface area contributed by atoms with Gasteiger partial charge in [-0.1, -0.05) is 0 Å². The third-order valence-electron chi connectivity index (χ3n) is 2.21. The molecule has 0 bridgehead atoms. The summed E-state index contributed by atoms with van der Waals surface area (Å²) < 4.78 is 0. The molecule has 2 aliphatic rings. The minimum Gasteiger partial charge on any atom is -0.287 e. The maximum Gasteiger partial charge on any atom is 0.123 e. The Bertz CT molecular complexity index is 203. The Hall–Kier alpha value is -0.860. The SMILES string of the molecule is CC1=NNC(=N)C1C1CC1. The van der Waals surface area contributed by atoms with Gasteiger partial charge in [0, 0.05) is 5.71 Å². The highest BCUT2D eigenvalue weighted by Gasteiger charge is 2.38. The fraction of sp³-hybridized carbons (Fsp3) is 0.714. The maximum absolute atomic E-state index is 7.48. The van der Waals surface area contributed by atoms with Gasteiger partial charge < -0.3 is 0 Å². The molecule has 1 saturated carbocycles. The zero-order valence-electron chi connectivity index (χ0n) is 6.02. The third-order valence-corrected chi connectivity index (χ3v) is 2.21. The van der Waals surface area contributed by atoms with Crippen LogP contribution in [0, 0.1) is 17.2 Å². The number of nitrogens with zero attached hydrogens (tertiary/aromatic N) is 1. The first-order valence-corrected chi connectivity index (χ1v) is 3.67. The van der Waals surface area contributed by atoms with Crippen molar-refractivity contribution in [3.63, 3.8) is 0 Å². The molecule has 3 heteroatoms. The lowest BCUT2D eigenvalue weighted by atomic mass is 9.99. The predicted octanol–water partition coefficient (Wildman–Crippen LogP) is 0.969. The van der Waals surface area contributed by atoms with Gasteiger partial charge in [-0.25, -0.2) is 0 Å². The van der Waals surface area contributed by atoms with Gasteiger partial charge in [-0.05, 0) is 25.7 Å². The zero-order valence-corrected chi connectivity index (χ0v) is 6.02. The van der Waals surface area contributed by atoms with E-state index in [4.69, 9.17) is 5.41 Å². The molecule has 0 saturated heterocycles. The average Bonchev–Trinajstić information content (AvgIpc) is 2.64. The number of amidine groups is 1. The van der Waals surface area contributed by atoms with E-state index in [0.29, 0.717) is 11.8 Å². The van der Waals surface area contributed by atoms with E-state index in [1.54, 1.807) is 0 Å². The molecule has 2 N–H and O–H groups in total. The second-order valence-electron chi connectivity index (χ2n) is 3.09. The molecule has 0 aromatic heterocycles. The van der Waals surface area contributed by atoms with Gasteiger partial charge in [0.25, 0.3) is 0 Å². The van der Waals surface area contributed by atoms with Crippen molar-refractivity contribution < 1.29 is 0 Å². The molecule has 1 unspecified atom stereocenters. The van der Waals surface area contributed by atoms with Gasteiger partial charge in [-0.15, -0.1) is 0 Å². The minimum absolute atomic E-state index is 0.333. The van der Waals surface area contributed by atoms with Crippen LogP contribution in [0.3, 0.4) is 0 Å². The number of hydrogen-bond donors (Lipinski definition) is 2. The summed E-state index contributed by atoms with van der Waals surface area (Å²) in [4.78, 5) is 0. The largest absolute Gasteiger partial charge is 0.287 e. The Kier molecular flexibility index (Phi) is 1.07. The van der Waals surface area contributed by atoms with Gasteiger partial charge in [0.05, 0.1) is 5.92 Å². The van der Waals surface area contributed by atoms with Crippen LogP contribution < -0.4 is 5.43 Å². The Morgan fingerprint density at radius 1 is 1.60 bits per heavy atom. The van der Waals surface area contributed by atoms with E-state index >= 15 is 0 Å². The van der Waals surface area contributed by atoms with Crippen LogP contribution in [0.15, 0.2) is 5.10 Å². The molecule has 0 spiro atoms. The van der Waals surface area contributed by atoms with Crippen LogP contribution in [0.4, 0.5) is 0 Å². The number of nitrogens with one attached hydrogen (secondary N) is 2. The molecular weight excluding hydrogens is 126 g/mol. The summed E-state index contributed by atoms with van der Waals surface area (Å²) in [5.41, 5.74) is 3.80. The van der Waals surface area contributed by atoms with Gasteiger partial charge >= 0.3 is 0 Å². The van der Waals surface area contributed by atoms with Gasteiger partial charge in [0.1, 0.15) is 5.84 Å². The van der Waals surface area contributed by atoms with Crippen molar-refractivity contribution in [2.75, 3.05) is 0 Å². The standard InChI is InChI=1S/C7H11N3/c1-4-6(5-2-3-5)7(8)10-9-4/h5-6H,2-3H2,1H3,(H2,8,10). The lowest BCUT2D eigenvalue weighted by molar-refractivity contribution is 0.764. The molecule has 1 aliphatic heterocycles. The molecule has 0 radical (unpaired) electrons. The highest BCUT2D eigenvalue weighted by atomic mass is 15.3. The molecule has 1 aliphatic carbocycles. The molecule has 2 rings (SSSR count). The highest BCUT2D eigenvalue weighted by molar-refractivity contribution is 6.08. The van der Waals surface area contributed by atoms with Crippen LogP contribution >= 0.6 is 0 Å². The second kappa shape index (κ2) is 1.81. The average molecular weight is 137 g/mol. The monoisotopic (exact) mass is 137 g/mol. The number of hydrogen-bond acceptors (Lipinski definition) is 2. The Morgan fingerprint density at radius 3 is 2.70 bits per heavy atom. The van der Waals surface area contributed by atoms with E-state index in [0.717, 1.165) is 11.6 Å². The molecule has 0 aromatic rings. The predicted molar refractivity (Wildman–Crippen MR) is 40.2 cm³/mol. The summed E-state index contributed by atoms with van der Waals surface area (Å²) in [6.07, 6.45) is 2.56. The lowest BCUT2D eigenvalue weighted by Crippen LogP contribution is -2.22. The van der Waals surface area contributed by atoms with Crippen molar-refractivity contribution in [2.45, 2.75) is 19.8 Å². The highest BCUT2D eigenvalue weighted by Crippen LogP contribution is 2.38. The molecule has 0 aromatic carbocycles. The third kappa shape index (κ3) is 0.735. The quantitative estimate of drug-likeness (QED) is 0.555. The van der Waals surface area contributed by atoms with Crippen LogP contribution in [-0.2, 0) is 0 Å². The molecule has 1 atom stereocenters. The maximum atomic E-state index is 7.48. The summed E-state index contributed by atoms with van der Waals surface area (Å²) >= 11 is 0. The van der Waals surface area contributed by atoms with E-state index in [2.05, 4.69) is 10.5 Å². The van der Waals surface area contributed by atoms with Crippen molar-refractivity contribution in [1.82, 2.24) is 5.43 Å². The number of rotatable bonds is 1. The fourth-order valence-corrected chi connectivity index (χ4v) is 1.50. The second-order valence-corrected chi connectivity index (χ2v) is 3.09. The molecule has 54 valence electrons. The fourth-order valence-electron chi connectivity index (χ4n) is 1.50. The van der Waals surface area contributed by atoms with E-state index in [1.165, 1.54) is 12.8 Å². The van der Waals surface area contributed by atoms with Crippen LogP contribution in [-0.4, -0.2) is 11.5 Å². The Morgan fingerprint density at radius 2 is 2.30 bits per heavy atom. The van der Waals surface area contributed by atoms with Gasteiger partial charge in [0.2, 0.25) is 0 Å². The van der Waals surface area contributed by atoms with E-state index < -0.39 is 0 Å². The summed E-state index contributed by atoms with van der Waals surface area (Å²) in [7, 11) is 0. The zero-order chi connectivity index (χ0) is 7.14. The van der Waals surface area contributed by atoms with Crippen LogP contribution in [0.25, 0.3) is 0 Å². The molecule has 1 fully saturated rings. The minimum atomic E-state index is 0.333. The first-order chi connectivity index (χ1) is 4.79. The van der Waals surface area contributed by atoms with Gasteiger partial charge in [0.15, 0.2) is 0 Å². The topological polar surface area (TPSA) is 48.2 Å². The summed E-state index contributed by atoms with van der Waals surface area (Å²) in [6, 6.07) is 0. The normalized spacial score (nSPS) is 31.9. The lowest BCUT2D eigenvalue weighted by Gasteiger charge is -2.05. The Labute approximate surface area is 60.0 Å². The van der Waals surface area contributed by atoms with Crippen molar-refractivity contribution in [1.29, 1.82) is 5.41 Å². The molecule has 3 nitrogen and oxygen atoms in total. The van der Waals surface area contributed by atoms with Crippen molar-refractivity contribution in [3.05, 3.63) is 0 Å². The molecular formula is C7H11N3. The van der Waals surface area contributed by atoms with Gasteiger partial charge in [-0.2, -0.15) is 5.10 Å². The van der Waals surface area contributed by atoms with E-state index in [1.807, 2.05) is 6.92 Å². The van der Waals surface area contributed by atoms with E-state index in [-0.39, 0.29) is 0 Å². The van der Waals surface area contributed by atoms with Gasteiger partial charge in [-0.3, -0.25) is 10.8 Å². The summed E-state index contributed by atoms with van der Waals surface area (Å²) in [6.45, 7) is 2.00.